The van der Waals surface area contributed by atoms with Gasteiger partial charge in [0, 0.05) is 25.2 Å². The summed E-state index contributed by atoms with van der Waals surface area (Å²) >= 11 is 5.48. The van der Waals surface area contributed by atoms with Crippen molar-refractivity contribution >= 4 is 23.3 Å². The molecule has 0 amide bonds. The highest BCUT2D eigenvalue weighted by atomic mass is 32.1. The minimum Gasteiger partial charge on any atom is -0.330 e. The molecule has 0 atom stereocenters. The number of benzene rings is 1. The van der Waals surface area contributed by atoms with Crippen LogP contribution in [0.4, 0.5) is 0 Å². The number of fused-ring (bicyclic) bond motifs is 1. The van der Waals surface area contributed by atoms with Gasteiger partial charge in [-0.3, -0.25) is 4.90 Å². The van der Waals surface area contributed by atoms with Crippen molar-refractivity contribution in [2.24, 2.45) is 0 Å². The number of hydrogen-bond acceptors (Lipinski definition) is 2. The maximum atomic E-state index is 5.48. The molecule has 3 nitrogen and oxygen atoms in total. The summed E-state index contributed by atoms with van der Waals surface area (Å²) in [7, 11) is 0. The van der Waals surface area contributed by atoms with Crippen LogP contribution in [0.5, 0.6) is 0 Å². The molecule has 0 aliphatic carbocycles. The molecule has 2 aromatic rings. The molecule has 0 bridgehead atoms. The first kappa shape index (κ1) is 15.3. The standard InChI is InChI=1S/C16H25N3S/c1-11(2)18(12(3)4)9-10-19-14-8-6-7-13(5)15(14)17-16(19)20/h6-8,11-12H,9-10H2,1-5H3,(H,17,20). The summed E-state index contributed by atoms with van der Waals surface area (Å²) in [5, 5.41) is 0. The quantitative estimate of drug-likeness (QED) is 0.838. The molecule has 0 fully saturated rings. The predicted octanol–water partition coefficient (Wildman–Crippen LogP) is 4.13. The van der Waals surface area contributed by atoms with Gasteiger partial charge in [0.2, 0.25) is 0 Å². The van der Waals surface area contributed by atoms with E-state index in [2.05, 4.69) is 67.3 Å². The minimum absolute atomic E-state index is 0.552. The molecule has 0 saturated carbocycles. The Hall–Kier alpha value is -1.13. The highest BCUT2D eigenvalue weighted by Crippen LogP contribution is 2.18. The van der Waals surface area contributed by atoms with Crippen LogP contribution in [-0.2, 0) is 6.54 Å². The van der Waals surface area contributed by atoms with Gasteiger partial charge in [-0.2, -0.15) is 0 Å². The van der Waals surface area contributed by atoms with Gasteiger partial charge in [-0.15, -0.1) is 0 Å². The first-order valence-corrected chi connectivity index (χ1v) is 7.76. The van der Waals surface area contributed by atoms with Crippen molar-refractivity contribution in [1.29, 1.82) is 0 Å². The number of aromatic nitrogens is 2. The Balaban J connectivity index is 2.28. The number of imidazole rings is 1. The number of nitrogens with one attached hydrogen (secondary N) is 1. The van der Waals surface area contributed by atoms with Crippen LogP contribution < -0.4 is 0 Å². The van der Waals surface area contributed by atoms with Crippen molar-refractivity contribution in [1.82, 2.24) is 14.5 Å². The number of nitrogens with zero attached hydrogens (tertiary/aromatic N) is 2. The molecule has 0 radical (unpaired) electrons. The van der Waals surface area contributed by atoms with Crippen molar-refractivity contribution in [3.05, 3.63) is 28.5 Å². The Bertz CT molecular complexity index is 629. The van der Waals surface area contributed by atoms with Gasteiger partial charge < -0.3 is 9.55 Å². The average Bonchev–Trinajstić information content (AvgIpc) is 2.67. The number of aryl methyl sites for hydroxylation is 1. The lowest BCUT2D eigenvalue weighted by Crippen LogP contribution is -2.39. The Morgan fingerprint density at radius 3 is 2.45 bits per heavy atom. The Labute approximate surface area is 126 Å². The molecule has 110 valence electrons. The molecule has 1 heterocycles. The lowest BCUT2D eigenvalue weighted by molar-refractivity contribution is 0.168. The van der Waals surface area contributed by atoms with E-state index in [1.165, 1.54) is 11.1 Å². The molecule has 1 N–H and O–H groups in total. The smallest absolute Gasteiger partial charge is 0.178 e. The number of H-pyrrole nitrogens is 1. The summed E-state index contributed by atoms with van der Waals surface area (Å²) in [4.78, 5) is 5.83. The topological polar surface area (TPSA) is 24.0 Å². The summed E-state index contributed by atoms with van der Waals surface area (Å²) in [6.45, 7) is 13.1. The number of aromatic amines is 1. The zero-order valence-corrected chi connectivity index (χ0v) is 13.9. The van der Waals surface area contributed by atoms with Crippen LogP contribution in [0.2, 0.25) is 0 Å². The zero-order valence-electron chi connectivity index (χ0n) is 13.1. The van der Waals surface area contributed by atoms with Gasteiger partial charge >= 0.3 is 0 Å². The lowest BCUT2D eigenvalue weighted by atomic mass is 10.2. The van der Waals surface area contributed by atoms with Gasteiger partial charge in [0.25, 0.3) is 0 Å². The normalized spacial score (nSPS) is 12.2. The lowest BCUT2D eigenvalue weighted by Gasteiger charge is -2.30. The molecule has 0 aliphatic rings. The zero-order chi connectivity index (χ0) is 14.9. The second-order valence-electron chi connectivity index (χ2n) is 5.98. The molecule has 1 aromatic heterocycles. The Kier molecular flexibility index (Phi) is 4.66. The van der Waals surface area contributed by atoms with Crippen molar-refractivity contribution in [3.8, 4) is 0 Å². The van der Waals surface area contributed by atoms with Crippen LogP contribution in [0.25, 0.3) is 11.0 Å². The molecule has 4 heteroatoms. The van der Waals surface area contributed by atoms with E-state index in [1.807, 2.05) is 0 Å². The third-order valence-electron chi connectivity index (χ3n) is 3.93. The summed E-state index contributed by atoms with van der Waals surface area (Å²) in [6, 6.07) is 7.46. The van der Waals surface area contributed by atoms with Crippen LogP contribution in [0.15, 0.2) is 18.2 Å². The molecule has 20 heavy (non-hydrogen) atoms. The molecule has 0 saturated heterocycles. The number of para-hydroxylation sites is 1. The van der Waals surface area contributed by atoms with Crippen LogP contribution in [0.3, 0.4) is 0 Å². The van der Waals surface area contributed by atoms with E-state index in [4.69, 9.17) is 12.2 Å². The number of hydrogen-bond donors (Lipinski definition) is 1. The molecule has 0 aliphatic heterocycles. The van der Waals surface area contributed by atoms with Crippen molar-refractivity contribution in [2.75, 3.05) is 6.54 Å². The third-order valence-corrected chi connectivity index (χ3v) is 4.25. The predicted molar refractivity (Wildman–Crippen MR) is 88.8 cm³/mol. The fraction of sp³-hybridized carbons (Fsp3) is 0.562. The van der Waals surface area contributed by atoms with Gasteiger partial charge in [-0.25, -0.2) is 0 Å². The van der Waals surface area contributed by atoms with Crippen molar-refractivity contribution < 1.29 is 0 Å². The second kappa shape index (κ2) is 6.10. The largest absolute Gasteiger partial charge is 0.330 e. The van der Waals surface area contributed by atoms with E-state index in [1.54, 1.807) is 0 Å². The Morgan fingerprint density at radius 2 is 1.85 bits per heavy atom. The maximum absolute atomic E-state index is 5.48. The molecular formula is C16H25N3S. The summed E-state index contributed by atoms with van der Waals surface area (Å²) in [5.41, 5.74) is 3.62. The van der Waals surface area contributed by atoms with Crippen molar-refractivity contribution in [3.63, 3.8) is 0 Å². The van der Waals surface area contributed by atoms with Crippen LogP contribution in [0, 0.1) is 11.7 Å². The van der Waals surface area contributed by atoms with E-state index in [9.17, 15) is 0 Å². The van der Waals surface area contributed by atoms with E-state index >= 15 is 0 Å². The SMILES string of the molecule is Cc1cccc2c1[nH]c(=S)n2CCN(C(C)C)C(C)C. The first-order valence-electron chi connectivity index (χ1n) is 7.35. The summed E-state index contributed by atoms with van der Waals surface area (Å²) in [5.74, 6) is 0. The molecular weight excluding hydrogens is 266 g/mol. The Morgan fingerprint density at radius 1 is 1.20 bits per heavy atom. The summed E-state index contributed by atoms with van der Waals surface area (Å²) < 4.78 is 3.04. The van der Waals surface area contributed by atoms with Gasteiger partial charge in [-0.05, 0) is 58.5 Å². The molecule has 1 aromatic carbocycles. The highest BCUT2D eigenvalue weighted by molar-refractivity contribution is 7.71. The first-order chi connectivity index (χ1) is 9.41. The fourth-order valence-corrected chi connectivity index (χ4v) is 3.17. The van der Waals surface area contributed by atoms with Gasteiger partial charge in [0.15, 0.2) is 4.77 Å². The van der Waals surface area contributed by atoms with E-state index < -0.39 is 0 Å². The van der Waals surface area contributed by atoms with Gasteiger partial charge in [0.05, 0.1) is 11.0 Å². The number of rotatable bonds is 5. The molecule has 0 unspecified atom stereocenters. The highest BCUT2D eigenvalue weighted by Gasteiger charge is 2.14. The second-order valence-corrected chi connectivity index (χ2v) is 6.36. The van der Waals surface area contributed by atoms with E-state index in [0.717, 1.165) is 23.4 Å². The molecule has 2 rings (SSSR count). The average molecular weight is 291 g/mol. The van der Waals surface area contributed by atoms with E-state index in [-0.39, 0.29) is 0 Å². The van der Waals surface area contributed by atoms with Crippen LogP contribution in [0.1, 0.15) is 33.3 Å². The maximum Gasteiger partial charge on any atom is 0.178 e. The van der Waals surface area contributed by atoms with Gasteiger partial charge in [-0.1, -0.05) is 12.1 Å². The van der Waals surface area contributed by atoms with Crippen molar-refractivity contribution in [2.45, 2.75) is 53.2 Å². The monoisotopic (exact) mass is 291 g/mol. The third kappa shape index (κ3) is 2.96. The van der Waals surface area contributed by atoms with Crippen LogP contribution in [-0.4, -0.2) is 33.1 Å². The molecule has 0 spiro atoms. The van der Waals surface area contributed by atoms with Crippen LogP contribution >= 0.6 is 12.2 Å². The minimum atomic E-state index is 0.552. The van der Waals surface area contributed by atoms with E-state index in [0.29, 0.717) is 12.1 Å². The summed E-state index contributed by atoms with van der Waals surface area (Å²) in [6.07, 6.45) is 0. The fourth-order valence-electron chi connectivity index (χ4n) is 2.87. The van der Waals surface area contributed by atoms with Gasteiger partial charge in [0.1, 0.15) is 0 Å².